The summed E-state index contributed by atoms with van der Waals surface area (Å²) >= 11 is 0. The molecule has 1 rings (SSSR count). The van der Waals surface area contributed by atoms with Crippen molar-refractivity contribution in [2.45, 2.75) is 44.4 Å². The van der Waals surface area contributed by atoms with Crippen LogP contribution in [0, 0.1) is 0 Å². The van der Waals surface area contributed by atoms with Gasteiger partial charge < -0.3 is 5.11 Å². The minimum Gasteiger partial charge on any atom is -0.480 e. The van der Waals surface area contributed by atoms with E-state index in [4.69, 9.17) is 5.11 Å². The maximum Gasteiger partial charge on any atom is 0.322 e. The van der Waals surface area contributed by atoms with Gasteiger partial charge in [0.25, 0.3) is 0 Å². The second-order valence-electron chi connectivity index (χ2n) is 4.72. The monoisotopic (exact) mass is 235 g/mol. The summed E-state index contributed by atoms with van der Waals surface area (Å²) in [6, 6.07) is -0.880. The topological polar surface area (TPSA) is 74.7 Å². The highest BCUT2D eigenvalue weighted by atomic mass is 32.2. The molecule has 0 spiro atoms. The third-order valence-electron chi connectivity index (χ3n) is 2.57. The summed E-state index contributed by atoms with van der Waals surface area (Å²) in [5, 5.41) is 8.91. The number of aliphatic carboxylic acids is 1. The first-order valence-corrected chi connectivity index (χ1v) is 6.36. The number of hydrogen-bond acceptors (Lipinski definition) is 3. The highest BCUT2D eigenvalue weighted by molar-refractivity contribution is 7.90. The first-order valence-electron chi connectivity index (χ1n) is 4.92. The van der Waals surface area contributed by atoms with Gasteiger partial charge in [-0.2, -0.15) is 4.31 Å². The molecule has 0 aromatic carbocycles. The molecule has 1 aliphatic rings. The van der Waals surface area contributed by atoms with Crippen molar-refractivity contribution in [2.24, 2.45) is 0 Å². The molecule has 0 aromatic rings. The lowest BCUT2D eigenvalue weighted by Crippen LogP contribution is -2.47. The van der Waals surface area contributed by atoms with Crippen LogP contribution in [0.15, 0.2) is 0 Å². The predicted molar refractivity (Wildman–Crippen MR) is 56.0 cm³/mol. The number of rotatable bonds is 2. The maximum atomic E-state index is 12.0. The standard InChI is InChI=1S/C9H17NO4S/c1-9(2,3)15(13,14)10-6-4-5-7(10)8(11)12/h7H,4-6H2,1-3H3,(H,11,12)/t7-/m1/s1. The lowest BCUT2D eigenvalue weighted by Gasteiger charge is -2.29. The van der Waals surface area contributed by atoms with Crippen LogP contribution in [0.5, 0.6) is 0 Å². The molecule has 6 heteroatoms. The average molecular weight is 235 g/mol. The highest BCUT2D eigenvalue weighted by Crippen LogP contribution is 2.28. The van der Waals surface area contributed by atoms with Gasteiger partial charge in [0.1, 0.15) is 6.04 Å². The van der Waals surface area contributed by atoms with Crippen molar-refractivity contribution < 1.29 is 18.3 Å². The van der Waals surface area contributed by atoms with E-state index in [0.717, 1.165) is 4.31 Å². The molecule has 0 aliphatic carbocycles. The van der Waals surface area contributed by atoms with E-state index in [9.17, 15) is 13.2 Å². The molecule has 1 saturated heterocycles. The summed E-state index contributed by atoms with van der Waals surface area (Å²) < 4.78 is 24.2. The third-order valence-corrected chi connectivity index (χ3v) is 5.17. The van der Waals surface area contributed by atoms with Gasteiger partial charge in [0, 0.05) is 6.54 Å². The van der Waals surface area contributed by atoms with Gasteiger partial charge >= 0.3 is 5.97 Å². The summed E-state index contributed by atoms with van der Waals surface area (Å²) in [7, 11) is -3.52. The quantitative estimate of drug-likeness (QED) is 0.763. The Morgan fingerprint density at radius 3 is 2.33 bits per heavy atom. The molecule has 1 aliphatic heterocycles. The van der Waals surface area contributed by atoms with E-state index in [1.165, 1.54) is 0 Å². The molecule has 0 amide bonds. The molecule has 0 unspecified atom stereocenters. The van der Waals surface area contributed by atoms with Crippen LogP contribution in [0.4, 0.5) is 0 Å². The van der Waals surface area contributed by atoms with Crippen molar-refractivity contribution >= 4 is 16.0 Å². The van der Waals surface area contributed by atoms with Gasteiger partial charge in [0.2, 0.25) is 10.0 Å². The number of carboxylic acid groups (broad SMARTS) is 1. The van der Waals surface area contributed by atoms with Crippen molar-refractivity contribution in [3.8, 4) is 0 Å². The molecule has 0 radical (unpaired) electrons. The van der Waals surface area contributed by atoms with E-state index in [2.05, 4.69) is 0 Å². The van der Waals surface area contributed by atoms with E-state index in [0.29, 0.717) is 19.4 Å². The second kappa shape index (κ2) is 3.75. The van der Waals surface area contributed by atoms with Gasteiger partial charge in [-0.15, -0.1) is 0 Å². The Balaban J connectivity index is 3.03. The lowest BCUT2D eigenvalue weighted by molar-refractivity contribution is -0.140. The fraction of sp³-hybridized carbons (Fsp3) is 0.889. The van der Waals surface area contributed by atoms with Crippen LogP contribution in [0.3, 0.4) is 0 Å². The number of hydrogen-bond donors (Lipinski definition) is 1. The number of sulfonamides is 1. The van der Waals surface area contributed by atoms with Gasteiger partial charge in [-0.05, 0) is 33.6 Å². The molecular formula is C9H17NO4S. The van der Waals surface area contributed by atoms with Crippen LogP contribution in [0.2, 0.25) is 0 Å². The first-order chi connectivity index (χ1) is 6.68. The Morgan fingerprint density at radius 2 is 1.93 bits per heavy atom. The minimum atomic E-state index is -3.52. The van der Waals surface area contributed by atoms with E-state index in [-0.39, 0.29) is 0 Å². The van der Waals surface area contributed by atoms with Gasteiger partial charge in [-0.25, -0.2) is 8.42 Å². The van der Waals surface area contributed by atoms with Crippen LogP contribution in [-0.4, -0.2) is 41.1 Å². The first kappa shape index (κ1) is 12.4. The molecule has 1 atom stereocenters. The molecule has 88 valence electrons. The van der Waals surface area contributed by atoms with Crippen molar-refractivity contribution in [2.75, 3.05) is 6.54 Å². The van der Waals surface area contributed by atoms with Gasteiger partial charge in [-0.3, -0.25) is 4.79 Å². The highest BCUT2D eigenvalue weighted by Gasteiger charge is 2.44. The fourth-order valence-corrected chi connectivity index (χ4v) is 3.23. The van der Waals surface area contributed by atoms with Crippen molar-refractivity contribution in [3.63, 3.8) is 0 Å². The normalized spacial score (nSPS) is 24.3. The fourth-order valence-electron chi connectivity index (χ4n) is 1.63. The zero-order valence-electron chi connectivity index (χ0n) is 9.23. The average Bonchev–Trinajstić information content (AvgIpc) is 2.48. The summed E-state index contributed by atoms with van der Waals surface area (Å²) in [5.74, 6) is -1.06. The zero-order chi connectivity index (χ0) is 11.9. The van der Waals surface area contributed by atoms with Crippen LogP contribution >= 0.6 is 0 Å². The number of carbonyl (C=O) groups is 1. The molecule has 0 aromatic heterocycles. The van der Waals surface area contributed by atoms with E-state index >= 15 is 0 Å². The summed E-state index contributed by atoms with van der Waals surface area (Å²) in [4.78, 5) is 10.9. The number of carboxylic acids is 1. The van der Waals surface area contributed by atoms with Gasteiger partial charge in [0.05, 0.1) is 4.75 Å². The maximum absolute atomic E-state index is 12.0. The SMILES string of the molecule is CC(C)(C)S(=O)(=O)N1CCC[C@@H]1C(=O)O. The second-order valence-corrected chi connectivity index (χ2v) is 7.37. The van der Waals surface area contributed by atoms with E-state index < -0.39 is 26.8 Å². The zero-order valence-corrected chi connectivity index (χ0v) is 10.0. The molecular weight excluding hydrogens is 218 g/mol. The number of nitrogens with zero attached hydrogens (tertiary/aromatic N) is 1. The van der Waals surface area contributed by atoms with E-state index in [1.54, 1.807) is 20.8 Å². The predicted octanol–water partition coefficient (Wildman–Crippen LogP) is 0.664. The Kier molecular flexibility index (Phi) is 3.11. The van der Waals surface area contributed by atoms with Crippen LogP contribution in [0.1, 0.15) is 33.6 Å². The third kappa shape index (κ3) is 2.15. The van der Waals surface area contributed by atoms with Crippen LogP contribution in [-0.2, 0) is 14.8 Å². The summed E-state index contributed by atoms with van der Waals surface area (Å²) in [6.07, 6.45) is 1.02. The molecule has 0 bridgehead atoms. The van der Waals surface area contributed by atoms with Crippen molar-refractivity contribution in [3.05, 3.63) is 0 Å². The Labute approximate surface area is 90.1 Å². The van der Waals surface area contributed by atoms with E-state index in [1.807, 2.05) is 0 Å². The molecule has 1 N–H and O–H groups in total. The van der Waals surface area contributed by atoms with Crippen molar-refractivity contribution in [1.82, 2.24) is 4.31 Å². The summed E-state index contributed by atoms with van der Waals surface area (Å²) in [6.45, 7) is 5.06. The largest absolute Gasteiger partial charge is 0.480 e. The van der Waals surface area contributed by atoms with Gasteiger partial charge in [0.15, 0.2) is 0 Å². The molecule has 1 fully saturated rings. The van der Waals surface area contributed by atoms with Gasteiger partial charge in [-0.1, -0.05) is 0 Å². The molecule has 1 heterocycles. The molecule has 15 heavy (non-hydrogen) atoms. The molecule has 5 nitrogen and oxygen atoms in total. The minimum absolute atomic E-state index is 0.316. The lowest BCUT2D eigenvalue weighted by atomic mass is 10.2. The smallest absolute Gasteiger partial charge is 0.322 e. The van der Waals surface area contributed by atoms with Crippen LogP contribution < -0.4 is 0 Å². The Morgan fingerprint density at radius 1 is 1.40 bits per heavy atom. The Hall–Kier alpha value is -0.620. The Bertz CT molecular complexity index is 355. The molecule has 0 saturated carbocycles. The summed E-state index contributed by atoms with van der Waals surface area (Å²) in [5.41, 5.74) is 0. The van der Waals surface area contributed by atoms with Crippen LogP contribution in [0.25, 0.3) is 0 Å². The van der Waals surface area contributed by atoms with Crippen molar-refractivity contribution in [1.29, 1.82) is 0 Å².